The van der Waals surface area contributed by atoms with E-state index in [1.54, 1.807) is 0 Å². The van der Waals surface area contributed by atoms with Crippen LogP contribution in [0.15, 0.2) is 18.2 Å². The molecular weight excluding hydrogens is 258 g/mol. The van der Waals surface area contributed by atoms with Gasteiger partial charge in [0.25, 0.3) is 0 Å². The first-order valence-corrected chi connectivity index (χ1v) is 5.44. The fourth-order valence-electron chi connectivity index (χ4n) is 1.48. The standard InChI is InChI=1S/C11H12ClF4N/c12-9-6-7(13)3-4-8(9)10(17)2-1-5-11(14,15)16/h3-4,6,10H,1-2,5,17H2. The third kappa shape index (κ3) is 4.91. The van der Waals surface area contributed by atoms with E-state index in [0.29, 0.717) is 5.56 Å². The van der Waals surface area contributed by atoms with E-state index in [1.165, 1.54) is 12.1 Å². The van der Waals surface area contributed by atoms with Crippen LogP contribution >= 0.6 is 11.6 Å². The molecule has 0 spiro atoms. The largest absolute Gasteiger partial charge is 0.389 e. The predicted octanol–water partition coefficient (Wildman–Crippen LogP) is 4.21. The van der Waals surface area contributed by atoms with Crippen molar-refractivity contribution in [3.05, 3.63) is 34.6 Å². The molecule has 96 valence electrons. The van der Waals surface area contributed by atoms with Crippen molar-refractivity contribution in [2.75, 3.05) is 0 Å². The topological polar surface area (TPSA) is 26.0 Å². The number of alkyl halides is 3. The summed E-state index contributed by atoms with van der Waals surface area (Å²) in [5.74, 6) is -0.499. The fraction of sp³-hybridized carbons (Fsp3) is 0.455. The van der Waals surface area contributed by atoms with Gasteiger partial charge in [-0.2, -0.15) is 13.2 Å². The second-order valence-electron chi connectivity index (χ2n) is 3.78. The summed E-state index contributed by atoms with van der Waals surface area (Å²) in [6.45, 7) is 0. The highest BCUT2D eigenvalue weighted by Gasteiger charge is 2.26. The summed E-state index contributed by atoms with van der Waals surface area (Å²) in [7, 11) is 0. The van der Waals surface area contributed by atoms with E-state index in [9.17, 15) is 17.6 Å². The Hall–Kier alpha value is -0.810. The first-order valence-electron chi connectivity index (χ1n) is 5.07. The zero-order valence-corrected chi connectivity index (χ0v) is 9.65. The van der Waals surface area contributed by atoms with Crippen LogP contribution in [0.2, 0.25) is 5.02 Å². The molecule has 0 aliphatic rings. The lowest BCUT2D eigenvalue weighted by Gasteiger charge is -2.14. The monoisotopic (exact) mass is 269 g/mol. The zero-order chi connectivity index (χ0) is 13.1. The molecule has 0 aromatic heterocycles. The summed E-state index contributed by atoms with van der Waals surface area (Å²) in [4.78, 5) is 0. The zero-order valence-electron chi connectivity index (χ0n) is 8.90. The fourth-order valence-corrected chi connectivity index (χ4v) is 1.79. The SMILES string of the molecule is NC(CCCC(F)(F)F)c1ccc(F)cc1Cl. The second kappa shape index (κ2) is 5.69. The molecule has 1 aromatic carbocycles. The molecule has 0 heterocycles. The van der Waals surface area contributed by atoms with Gasteiger partial charge in [0, 0.05) is 17.5 Å². The van der Waals surface area contributed by atoms with Gasteiger partial charge in [0.1, 0.15) is 5.82 Å². The molecule has 6 heteroatoms. The average Bonchev–Trinajstić information content (AvgIpc) is 2.15. The number of nitrogens with two attached hydrogens (primary N) is 1. The number of hydrogen-bond donors (Lipinski definition) is 1. The van der Waals surface area contributed by atoms with Crippen LogP contribution in [0.1, 0.15) is 30.9 Å². The molecule has 1 unspecified atom stereocenters. The van der Waals surface area contributed by atoms with Crippen molar-refractivity contribution in [2.45, 2.75) is 31.5 Å². The summed E-state index contributed by atoms with van der Waals surface area (Å²) < 4.78 is 48.5. The van der Waals surface area contributed by atoms with E-state index < -0.39 is 24.5 Å². The van der Waals surface area contributed by atoms with Crippen LogP contribution < -0.4 is 5.73 Å². The van der Waals surface area contributed by atoms with E-state index in [4.69, 9.17) is 17.3 Å². The van der Waals surface area contributed by atoms with E-state index in [2.05, 4.69) is 0 Å². The highest BCUT2D eigenvalue weighted by molar-refractivity contribution is 6.31. The first kappa shape index (κ1) is 14.3. The van der Waals surface area contributed by atoms with Crippen molar-refractivity contribution in [3.8, 4) is 0 Å². The Morgan fingerprint density at radius 1 is 1.29 bits per heavy atom. The van der Waals surface area contributed by atoms with Gasteiger partial charge in [-0.05, 0) is 30.5 Å². The van der Waals surface area contributed by atoms with Crippen LogP contribution in [0.25, 0.3) is 0 Å². The van der Waals surface area contributed by atoms with Crippen molar-refractivity contribution in [1.82, 2.24) is 0 Å². The van der Waals surface area contributed by atoms with Gasteiger partial charge in [0.15, 0.2) is 0 Å². The van der Waals surface area contributed by atoms with Gasteiger partial charge < -0.3 is 5.73 Å². The molecule has 1 rings (SSSR count). The summed E-state index contributed by atoms with van der Waals surface area (Å²) in [5, 5.41) is 0.143. The Kier molecular flexibility index (Phi) is 4.77. The van der Waals surface area contributed by atoms with Gasteiger partial charge >= 0.3 is 6.18 Å². The molecule has 0 radical (unpaired) electrons. The Bertz CT molecular complexity index is 378. The number of benzene rings is 1. The quantitative estimate of drug-likeness (QED) is 0.814. The number of rotatable bonds is 4. The summed E-state index contributed by atoms with van der Waals surface area (Å²) in [6.07, 6.45) is -4.96. The predicted molar refractivity (Wildman–Crippen MR) is 58.2 cm³/mol. The molecule has 0 saturated carbocycles. The minimum Gasteiger partial charge on any atom is -0.324 e. The van der Waals surface area contributed by atoms with Crippen LogP contribution in [-0.4, -0.2) is 6.18 Å². The lowest BCUT2D eigenvalue weighted by Crippen LogP contribution is -2.13. The molecule has 17 heavy (non-hydrogen) atoms. The maximum Gasteiger partial charge on any atom is 0.389 e. The maximum absolute atomic E-state index is 12.7. The van der Waals surface area contributed by atoms with Crippen molar-refractivity contribution in [3.63, 3.8) is 0 Å². The summed E-state index contributed by atoms with van der Waals surface area (Å²) >= 11 is 5.75. The third-order valence-corrected chi connectivity index (χ3v) is 2.66. The van der Waals surface area contributed by atoms with Gasteiger partial charge in [0.05, 0.1) is 0 Å². The molecule has 2 N–H and O–H groups in total. The number of hydrogen-bond acceptors (Lipinski definition) is 1. The van der Waals surface area contributed by atoms with Crippen molar-refractivity contribution < 1.29 is 17.6 Å². The van der Waals surface area contributed by atoms with Gasteiger partial charge in [-0.15, -0.1) is 0 Å². The molecule has 1 nitrogen and oxygen atoms in total. The van der Waals surface area contributed by atoms with Gasteiger partial charge in [-0.3, -0.25) is 0 Å². The van der Waals surface area contributed by atoms with Crippen LogP contribution in [0.4, 0.5) is 17.6 Å². The van der Waals surface area contributed by atoms with Crippen LogP contribution in [-0.2, 0) is 0 Å². The second-order valence-corrected chi connectivity index (χ2v) is 4.19. The highest BCUT2D eigenvalue weighted by atomic mass is 35.5. The molecular formula is C11H12ClF4N. The Balaban J connectivity index is 2.55. The molecule has 0 aliphatic heterocycles. The van der Waals surface area contributed by atoms with Crippen molar-refractivity contribution in [2.24, 2.45) is 5.73 Å². The first-order chi connectivity index (χ1) is 7.79. The summed E-state index contributed by atoms with van der Waals surface area (Å²) in [6, 6.07) is 3.08. The van der Waals surface area contributed by atoms with E-state index in [-0.39, 0.29) is 17.9 Å². The molecule has 0 fully saturated rings. The average molecular weight is 270 g/mol. The van der Waals surface area contributed by atoms with E-state index >= 15 is 0 Å². The lowest BCUT2D eigenvalue weighted by molar-refractivity contribution is -0.135. The highest BCUT2D eigenvalue weighted by Crippen LogP contribution is 2.28. The molecule has 1 aromatic rings. The number of halogens is 5. The Morgan fingerprint density at radius 3 is 2.47 bits per heavy atom. The van der Waals surface area contributed by atoms with Gasteiger partial charge in [-0.1, -0.05) is 17.7 Å². The minimum absolute atomic E-state index is 0.0711. The van der Waals surface area contributed by atoms with Crippen LogP contribution in [0.5, 0.6) is 0 Å². The molecule has 0 saturated heterocycles. The molecule has 0 aliphatic carbocycles. The minimum atomic E-state index is -4.17. The lowest BCUT2D eigenvalue weighted by atomic mass is 10.0. The summed E-state index contributed by atoms with van der Waals surface area (Å²) in [5.41, 5.74) is 6.17. The van der Waals surface area contributed by atoms with Crippen molar-refractivity contribution in [1.29, 1.82) is 0 Å². The third-order valence-electron chi connectivity index (χ3n) is 2.34. The Morgan fingerprint density at radius 2 is 1.94 bits per heavy atom. The Labute approximate surface area is 102 Å². The molecule has 0 amide bonds. The van der Waals surface area contributed by atoms with Gasteiger partial charge in [-0.25, -0.2) is 4.39 Å². The normalized spacial score (nSPS) is 13.8. The van der Waals surface area contributed by atoms with Crippen LogP contribution in [0.3, 0.4) is 0 Å². The van der Waals surface area contributed by atoms with Gasteiger partial charge in [0.2, 0.25) is 0 Å². The van der Waals surface area contributed by atoms with E-state index in [1.807, 2.05) is 0 Å². The van der Waals surface area contributed by atoms with Crippen LogP contribution in [0, 0.1) is 5.82 Å². The van der Waals surface area contributed by atoms with E-state index in [0.717, 1.165) is 6.07 Å². The van der Waals surface area contributed by atoms with Crippen molar-refractivity contribution >= 4 is 11.6 Å². The maximum atomic E-state index is 12.7. The molecule has 1 atom stereocenters. The molecule has 0 bridgehead atoms. The smallest absolute Gasteiger partial charge is 0.324 e.